The first-order valence-electron chi connectivity index (χ1n) is 7.36. The average molecular weight is 315 g/mol. The second-order valence-corrected chi connectivity index (χ2v) is 5.49. The van der Waals surface area contributed by atoms with Gasteiger partial charge in [-0.2, -0.15) is 0 Å². The Morgan fingerprint density at radius 3 is 2.48 bits per heavy atom. The van der Waals surface area contributed by atoms with Crippen LogP contribution in [-0.2, 0) is 0 Å². The summed E-state index contributed by atoms with van der Waals surface area (Å²) in [5.41, 5.74) is 2.64. The standard InChI is InChI=1S/C17H21N3O3/c1-11-10-12(2)18-16(22)15(11)17(23)19-13-4-6-14(7-5-13)20(3)8-9-21/h4-7,10,21H,8-9H2,1-3H3,(H,18,22)(H,19,23). The van der Waals surface area contributed by atoms with Crippen molar-refractivity contribution in [3.05, 3.63) is 57.5 Å². The molecular weight excluding hydrogens is 294 g/mol. The van der Waals surface area contributed by atoms with Gasteiger partial charge in [-0.3, -0.25) is 9.59 Å². The summed E-state index contributed by atoms with van der Waals surface area (Å²) >= 11 is 0. The number of pyridine rings is 1. The molecular formula is C17H21N3O3. The highest BCUT2D eigenvalue weighted by molar-refractivity contribution is 6.05. The second-order valence-electron chi connectivity index (χ2n) is 5.49. The van der Waals surface area contributed by atoms with Gasteiger partial charge in [0.05, 0.1) is 6.61 Å². The Balaban J connectivity index is 2.17. The van der Waals surface area contributed by atoms with E-state index in [2.05, 4.69) is 10.3 Å². The number of aliphatic hydroxyl groups excluding tert-OH is 1. The number of nitrogens with one attached hydrogen (secondary N) is 2. The van der Waals surface area contributed by atoms with Crippen LogP contribution < -0.4 is 15.8 Å². The van der Waals surface area contributed by atoms with E-state index in [4.69, 9.17) is 5.11 Å². The molecule has 0 unspecified atom stereocenters. The van der Waals surface area contributed by atoms with Crippen LogP contribution >= 0.6 is 0 Å². The number of aliphatic hydroxyl groups is 1. The predicted molar refractivity (Wildman–Crippen MR) is 91.3 cm³/mol. The van der Waals surface area contributed by atoms with Crippen LogP contribution in [0.2, 0.25) is 0 Å². The molecule has 0 aliphatic heterocycles. The minimum absolute atomic E-state index is 0.0739. The van der Waals surface area contributed by atoms with Crippen LogP contribution in [0.5, 0.6) is 0 Å². The third-order valence-corrected chi connectivity index (χ3v) is 3.59. The van der Waals surface area contributed by atoms with Crippen LogP contribution in [0.1, 0.15) is 21.6 Å². The lowest BCUT2D eigenvalue weighted by atomic mass is 10.1. The summed E-state index contributed by atoms with van der Waals surface area (Å²) in [5, 5.41) is 11.7. The van der Waals surface area contributed by atoms with Crippen molar-refractivity contribution in [2.24, 2.45) is 0 Å². The van der Waals surface area contributed by atoms with Crippen molar-refractivity contribution in [1.29, 1.82) is 0 Å². The van der Waals surface area contributed by atoms with Crippen LogP contribution in [0, 0.1) is 13.8 Å². The molecule has 0 fully saturated rings. The first-order chi connectivity index (χ1) is 10.9. The maximum Gasteiger partial charge on any atom is 0.261 e. The first kappa shape index (κ1) is 16.8. The van der Waals surface area contributed by atoms with Gasteiger partial charge in [-0.1, -0.05) is 0 Å². The third kappa shape index (κ3) is 3.98. The van der Waals surface area contributed by atoms with Gasteiger partial charge in [0.1, 0.15) is 5.56 Å². The molecule has 0 aliphatic rings. The maximum absolute atomic E-state index is 12.3. The van der Waals surface area contributed by atoms with Gasteiger partial charge in [-0.25, -0.2) is 0 Å². The number of aryl methyl sites for hydroxylation is 2. The zero-order valence-corrected chi connectivity index (χ0v) is 13.5. The third-order valence-electron chi connectivity index (χ3n) is 3.59. The number of likely N-dealkylation sites (N-methyl/N-ethyl adjacent to an activating group) is 1. The van der Waals surface area contributed by atoms with E-state index in [1.807, 2.05) is 24.1 Å². The fraction of sp³-hybridized carbons (Fsp3) is 0.294. The number of amides is 1. The molecule has 23 heavy (non-hydrogen) atoms. The number of rotatable bonds is 5. The number of aromatic amines is 1. The minimum atomic E-state index is -0.430. The molecule has 0 bridgehead atoms. The molecule has 0 saturated heterocycles. The summed E-state index contributed by atoms with van der Waals surface area (Å²) in [7, 11) is 1.87. The molecule has 0 saturated carbocycles. The molecule has 122 valence electrons. The topological polar surface area (TPSA) is 85.4 Å². The molecule has 0 radical (unpaired) electrons. The number of hydrogen-bond acceptors (Lipinski definition) is 4. The molecule has 2 rings (SSSR count). The van der Waals surface area contributed by atoms with E-state index in [1.165, 1.54) is 0 Å². The van der Waals surface area contributed by atoms with E-state index >= 15 is 0 Å². The summed E-state index contributed by atoms with van der Waals surface area (Å²) in [4.78, 5) is 28.8. The van der Waals surface area contributed by atoms with E-state index < -0.39 is 5.91 Å². The summed E-state index contributed by atoms with van der Waals surface area (Å²) in [6, 6.07) is 8.98. The lowest BCUT2D eigenvalue weighted by Gasteiger charge is -2.18. The number of aromatic nitrogens is 1. The fourth-order valence-electron chi connectivity index (χ4n) is 2.41. The Labute approximate surface area is 134 Å². The summed E-state index contributed by atoms with van der Waals surface area (Å²) < 4.78 is 0. The molecule has 1 amide bonds. The van der Waals surface area contributed by atoms with E-state index in [1.54, 1.807) is 32.0 Å². The van der Waals surface area contributed by atoms with Crippen LogP contribution in [0.25, 0.3) is 0 Å². The van der Waals surface area contributed by atoms with Crippen LogP contribution in [0.15, 0.2) is 35.1 Å². The van der Waals surface area contributed by atoms with Crippen LogP contribution in [0.3, 0.4) is 0 Å². The van der Waals surface area contributed by atoms with Crippen molar-refractivity contribution in [1.82, 2.24) is 4.98 Å². The van der Waals surface area contributed by atoms with Crippen LogP contribution in [0.4, 0.5) is 11.4 Å². The molecule has 1 heterocycles. The Kier molecular flexibility index (Phi) is 5.18. The monoisotopic (exact) mass is 315 g/mol. The zero-order valence-electron chi connectivity index (χ0n) is 13.5. The van der Waals surface area contributed by atoms with Gasteiger partial charge in [0.25, 0.3) is 11.5 Å². The number of carbonyl (C=O) groups is 1. The normalized spacial score (nSPS) is 10.4. The van der Waals surface area contributed by atoms with E-state index in [9.17, 15) is 9.59 Å². The van der Waals surface area contributed by atoms with Crippen molar-refractivity contribution in [2.75, 3.05) is 30.4 Å². The molecule has 1 aromatic carbocycles. The summed E-state index contributed by atoms with van der Waals surface area (Å²) in [6.07, 6.45) is 0. The largest absolute Gasteiger partial charge is 0.395 e. The highest BCUT2D eigenvalue weighted by Crippen LogP contribution is 2.17. The van der Waals surface area contributed by atoms with Crippen molar-refractivity contribution in [3.63, 3.8) is 0 Å². The highest BCUT2D eigenvalue weighted by atomic mass is 16.3. The molecule has 0 aliphatic carbocycles. The molecule has 6 heteroatoms. The van der Waals surface area contributed by atoms with Gasteiger partial charge in [-0.05, 0) is 49.7 Å². The van der Waals surface area contributed by atoms with E-state index in [0.29, 0.717) is 17.8 Å². The number of anilines is 2. The molecule has 0 atom stereocenters. The average Bonchev–Trinajstić information content (AvgIpc) is 2.47. The second kappa shape index (κ2) is 7.11. The molecule has 2 aromatic rings. The van der Waals surface area contributed by atoms with Crippen molar-refractivity contribution >= 4 is 17.3 Å². The Morgan fingerprint density at radius 1 is 1.26 bits per heavy atom. The maximum atomic E-state index is 12.3. The van der Waals surface area contributed by atoms with E-state index in [-0.39, 0.29) is 17.7 Å². The SMILES string of the molecule is Cc1cc(C)c(C(=O)Nc2ccc(N(C)CCO)cc2)c(=O)[nH]1. The minimum Gasteiger partial charge on any atom is -0.395 e. The molecule has 6 nitrogen and oxygen atoms in total. The van der Waals surface area contributed by atoms with Gasteiger partial charge in [0.15, 0.2) is 0 Å². The summed E-state index contributed by atoms with van der Waals surface area (Å²) in [5.74, 6) is -0.430. The lowest BCUT2D eigenvalue weighted by molar-refractivity contribution is 0.102. The van der Waals surface area contributed by atoms with Gasteiger partial charge >= 0.3 is 0 Å². The van der Waals surface area contributed by atoms with Crippen molar-refractivity contribution in [3.8, 4) is 0 Å². The van der Waals surface area contributed by atoms with Crippen molar-refractivity contribution in [2.45, 2.75) is 13.8 Å². The number of H-pyrrole nitrogens is 1. The highest BCUT2D eigenvalue weighted by Gasteiger charge is 2.14. The van der Waals surface area contributed by atoms with Gasteiger partial charge in [-0.15, -0.1) is 0 Å². The Morgan fingerprint density at radius 2 is 1.91 bits per heavy atom. The fourth-order valence-corrected chi connectivity index (χ4v) is 2.41. The van der Waals surface area contributed by atoms with Gasteiger partial charge < -0.3 is 20.3 Å². The van der Waals surface area contributed by atoms with Gasteiger partial charge in [0, 0.05) is 30.7 Å². The smallest absolute Gasteiger partial charge is 0.261 e. The number of nitrogens with zero attached hydrogens (tertiary/aromatic N) is 1. The number of benzene rings is 1. The quantitative estimate of drug-likeness (QED) is 0.783. The predicted octanol–water partition coefficient (Wildman–Crippen LogP) is 1.67. The number of hydrogen-bond donors (Lipinski definition) is 3. The Bertz CT molecular complexity index is 751. The van der Waals surface area contributed by atoms with Crippen LogP contribution in [-0.4, -0.2) is 36.2 Å². The Hall–Kier alpha value is -2.60. The summed E-state index contributed by atoms with van der Waals surface area (Å²) in [6.45, 7) is 4.12. The molecule has 1 aromatic heterocycles. The number of carbonyl (C=O) groups excluding carboxylic acids is 1. The first-order valence-corrected chi connectivity index (χ1v) is 7.36. The molecule has 3 N–H and O–H groups in total. The zero-order chi connectivity index (χ0) is 17.0. The van der Waals surface area contributed by atoms with Crippen molar-refractivity contribution < 1.29 is 9.90 Å². The van der Waals surface area contributed by atoms with E-state index in [0.717, 1.165) is 11.4 Å². The van der Waals surface area contributed by atoms with Gasteiger partial charge in [0.2, 0.25) is 0 Å². The molecule has 0 spiro atoms. The lowest BCUT2D eigenvalue weighted by Crippen LogP contribution is -2.25.